The van der Waals surface area contributed by atoms with E-state index in [9.17, 15) is 4.79 Å². The van der Waals surface area contributed by atoms with Crippen molar-refractivity contribution in [2.45, 2.75) is 6.42 Å². The van der Waals surface area contributed by atoms with Gasteiger partial charge in [0.2, 0.25) is 5.88 Å². The molecule has 7 heteroatoms. The molecule has 3 aromatic rings. The summed E-state index contributed by atoms with van der Waals surface area (Å²) in [6.07, 6.45) is 1.78. The van der Waals surface area contributed by atoms with Crippen LogP contribution in [0.4, 0.5) is 11.6 Å². The molecule has 0 bridgehead atoms. The summed E-state index contributed by atoms with van der Waals surface area (Å²) >= 11 is 12.2. The zero-order chi connectivity index (χ0) is 18.5. The Kier molecular flexibility index (Phi) is 5.71. The van der Waals surface area contributed by atoms with Crippen molar-refractivity contribution in [3.8, 4) is 5.88 Å². The number of halogens is 2. The average Bonchev–Trinajstić information content (AvgIpc) is 2.62. The molecule has 0 spiro atoms. The Morgan fingerprint density at radius 1 is 1.08 bits per heavy atom. The van der Waals surface area contributed by atoms with Crippen LogP contribution in [-0.4, -0.2) is 22.9 Å². The fourth-order valence-corrected chi connectivity index (χ4v) is 3.03. The maximum Gasteiger partial charge on any atom is 0.214 e. The van der Waals surface area contributed by atoms with Gasteiger partial charge < -0.3 is 10.1 Å². The monoisotopic (exact) mass is 387 g/mol. The van der Waals surface area contributed by atoms with E-state index in [1.54, 1.807) is 55.8 Å². The van der Waals surface area contributed by atoms with Gasteiger partial charge in [-0.25, -0.2) is 4.98 Å². The highest BCUT2D eigenvalue weighted by Crippen LogP contribution is 2.26. The number of carbonyl (C=O) groups excluding carboxylic acids is 1. The van der Waals surface area contributed by atoms with Crippen LogP contribution in [0.5, 0.6) is 5.88 Å². The molecule has 0 atom stereocenters. The summed E-state index contributed by atoms with van der Waals surface area (Å²) in [4.78, 5) is 21.1. The minimum atomic E-state index is -0.155. The molecule has 0 radical (unpaired) electrons. The summed E-state index contributed by atoms with van der Waals surface area (Å²) in [6, 6.07) is 13.9. The lowest BCUT2D eigenvalue weighted by Crippen LogP contribution is -2.06. The van der Waals surface area contributed by atoms with E-state index in [2.05, 4.69) is 15.3 Å². The molecule has 1 N–H and O–H groups in total. The van der Waals surface area contributed by atoms with Gasteiger partial charge in [-0.3, -0.25) is 4.79 Å². The molecule has 0 aliphatic heterocycles. The number of ether oxygens (including phenoxy) is 1. The minimum absolute atomic E-state index is 0.155. The fourth-order valence-electron chi connectivity index (χ4n) is 2.42. The highest BCUT2D eigenvalue weighted by atomic mass is 35.5. The lowest BCUT2D eigenvalue weighted by molar-refractivity contribution is 0.0993. The van der Waals surface area contributed by atoms with Gasteiger partial charge in [-0.1, -0.05) is 35.3 Å². The second-order valence-electron chi connectivity index (χ2n) is 5.44. The maximum absolute atomic E-state index is 12.6. The lowest BCUT2D eigenvalue weighted by atomic mass is 10.0. The van der Waals surface area contributed by atoms with Crippen LogP contribution in [0.2, 0.25) is 10.0 Å². The first kappa shape index (κ1) is 18.2. The molecule has 3 rings (SSSR count). The van der Waals surface area contributed by atoms with Crippen LogP contribution in [0.3, 0.4) is 0 Å². The third-order valence-electron chi connectivity index (χ3n) is 3.62. The largest absolute Gasteiger partial charge is 0.481 e. The number of hydrogen-bond donors (Lipinski definition) is 1. The van der Waals surface area contributed by atoms with Crippen LogP contribution < -0.4 is 10.1 Å². The molecule has 26 heavy (non-hydrogen) atoms. The molecular weight excluding hydrogens is 373 g/mol. The number of pyridine rings is 2. The predicted molar refractivity (Wildman–Crippen MR) is 103 cm³/mol. The molecule has 0 saturated heterocycles. The van der Waals surface area contributed by atoms with Gasteiger partial charge in [0.25, 0.3) is 0 Å². The molecule has 5 nitrogen and oxygen atoms in total. The molecule has 0 saturated carbocycles. The zero-order valence-electron chi connectivity index (χ0n) is 13.9. The molecule has 1 aromatic carbocycles. The second-order valence-corrected chi connectivity index (χ2v) is 6.25. The minimum Gasteiger partial charge on any atom is -0.481 e. The number of rotatable bonds is 6. The number of nitrogens with zero attached hydrogens (tertiary/aromatic N) is 2. The first-order valence-electron chi connectivity index (χ1n) is 7.77. The van der Waals surface area contributed by atoms with E-state index in [1.807, 2.05) is 6.07 Å². The number of aromatic nitrogens is 2. The van der Waals surface area contributed by atoms with Crippen molar-refractivity contribution in [3.63, 3.8) is 0 Å². The standard InChI is InChI=1S/C19H15Cl2N3O2/c1-26-18-7-3-6-16(24-18)23-17-11-12(8-9-22-17)10-15(25)19-13(20)4-2-5-14(19)21/h2-9,11H,10H2,1H3,(H,22,23,24). The number of carbonyl (C=O) groups is 1. The van der Waals surface area contributed by atoms with Crippen LogP contribution in [-0.2, 0) is 6.42 Å². The number of benzene rings is 1. The molecule has 0 aliphatic carbocycles. The Labute approximate surface area is 161 Å². The summed E-state index contributed by atoms with van der Waals surface area (Å²) in [5.74, 6) is 1.50. The predicted octanol–water partition coefficient (Wildman–Crippen LogP) is 4.96. The summed E-state index contributed by atoms with van der Waals surface area (Å²) in [7, 11) is 1.55. The smallest absolute Gasteiger partial charge is 0.214 e. The Bertz CT molecular complexity index is 927. The number of hydrogen-bond acceptors (Lipinski definition) is 5. The summed E-state index contributed by atoms with van der Waals surface area (Å²) < 4.78 is 5.10. The summed E-state index contributed by atoms with van der Waals surface area (Å²) in [6.45, 7) is 0. The second kappa shape index (κ2) is 8.17. The highest BCUT2D eigenvalue weighted by Gasteiger charge is 2.15. The fraction of sp³-hybridized carbons (Fsp3) is 0.105. The van der Waals surface area contributed by atoms with E-state index in [1.165, 1.54) is 0 Å². The third kappa shape index (κ3) is 4.31. The highest BCUT2D eigenvalue weighted by molar-refractivity contribution is 6.39. The molecular formula is C19H15Cl2N3O2. The van der Waals surface area contributed by atoms with E-state index in [0.717, 1.165) is 5.56 Å². The lowest BCUT2D eigenvalue weighted by Gasteiger charge is -2.09. The van der Waals surface area contributed by atoms with E-state index >= 15 is 0 Å². The number of nitrogens with one attached hydrogen (secondary N) is 1. The van der Waals surface area contributed by atoms with Crippen LogP contribution >= 0.6 is 23.2 Å². The summed E-state index contributed by atoms with van der Waals surface area (Å²) in [5, 5.41) is 3.78. The van der Waals surface area contributed by atoms with Gasteiger partial charge in [0, 0.05) is 18.7 Å². The van der Waals surface area contributed by atoms with Crippen molar-refractivity contribution in [2.75, 3.05) is 12.4 Å². The van der Waals surface area contributed by atoms with Gasteiger partial charge in [0.1, 0.15) is 11.6 Å². The number of methoxy groups -OCH3 is 1. The Morgan fingerprint density at radius 3 is 2.54 bits per heavy atom. The Morgan fingerprint density at radius 2 is 1.81 bits per heavy atom. The first-order valence-corrected chi connectivity index (χ1v) is 8.52. The Balaban J connectivity index is 1.78. The molecule has 0 fully saturated rings. The molecule has 132 valence electrons. The molecule has 2 aromatic heterocycles. The molecule has 0 amide bonds. The van der Waals surface area contributed by atoms with Gasteiger partial charge in [-0.2, -0.15) is 4.98 Å². The van der Waals surface area contributed by atoms with E-state index in [0.29, 0.717) is 33.1 Å². The molecule has 2 heterocycles. The molecule has 0 unspecified atom stereocenters. The van der Waals surface area contributed by atoms with Gasteiger partial charge in [-0.05, 0) is 35.9 Å². The van der Waals surface area contributed by atoms with Crippen molar-refractivity contribution < 1.29 is 9.53 Å². The third-order valence-corrected chi connectivity index (χ3v) is 4.25. The topological polar surface area (TPSA) is 64.1 Å². The van der Waals surface area contributed by atoms with Crippen LogP contribution in [0, 0.1) is 0 Å². The van der Waals surface area contributed by atoms with Crippen molar-refractivity contribution in [2.24, 2.45) is 0 Å². The van der Waals surface area contributed by atoms with Gasteiger partial charge in [0.15, 0.2) is 5.78 Å². The quantitative estimate of drug-likeness (QED) is 0.605. The van der Waals surface area contributed by atoms with Crippen molar-refractivity contribution >= 4 is 40.6 Å². The van der Waals surface area contributed by atoms with E-state index < -0.39 is 0 Å². The van der Waals surface area contributed by atoms with Gasteiger partial charge in [0.05, 0.1) is 22.7 Å². The van der Waals surface area contributed by atoms with Crippen LogP contribution in [0.25, 0.3) is 0 Å². The van der Waals surface area contributed by atoms with E-state index in [4.69, 9.17) is 27.9 Å². The van der Waals surface area contributed by atoms with Crippen LogP contribution in [0.1, 0.15) is 15.9 Å². The maximum atomic E-state index is 12.6. The number of ketones is 1. The normalized spacial score (nSPS) is 10.4. The van der Waals surface area contributed by atoms with E-state index in [-0.39, 0.29) is 12.2 Å². The van der Waals surface area contributed by atoms with Crippen LogP contribution in [0.15, 0.2) is 54.7 Å². The summed E-state index contributed by atoms with van der Waals surface area (Å²) in [5.41, 5.74) is 1.11. The zero-order valence-corrected chi connectivity index (χ0v) is 15.4. The van der Waals surface area contributed by atoms with Gasteiger partial charge >= 0.3 is 0 Å². The molecule has 0 aliphatic rings. The SMILES string of the molecule is COc1cccc(Nc2cc(CC(=O)c3c(Cl)cccc3Cl)ccn2)n1. The van der Waals surface area contributed by atoms with Crippen molar-refractivity contribution in [1.82, 2.24) is 9.97 Å². The number of Topliss-reactive ketones (excluding diaryl/α,β-unsaturated/α-hetero) is 1. The van der Waals surface area contributed by atoms with Crippen molar-refractivity contribution in [1.29, 1.82) is 0 Å². The van der Waals surface area contributed by atoms with Crippen molar-refractivity contribution in [3.05, 3.63) is 75.9 Å². The number of anilines is 2. The first-order chi connectivity index (χ1) is 12.6. The average molecular weight is 388 g/mol. The Hall–Kier alpha value is -2.63. The van der Waals surface area contributed by atoms with Gasteiger partial charge in [-0.15, -0.1) is 0 Å².